The summed E-state index contributed by atoms with van der Waals surface area (Å²) in [5, 5.41) is 0. The minimum atomic E-state index is -1.09. The van der Waals surface area contributed by atoms with Crippen molar-refractivity contribution < 1.29 is 9.59 Å². The van der Waals surface area contributed by atoms with Gasteiger partial charge in [-0.3, -0.25) is 9.59 Å². The predicted molar refractivity (Wildman–Crippen MR) is 107 cm³/mol. The molecule has 7 nitrogen and oxygen atoms in total. The van der Waals surface area contributed by atoms with Gasteiger partial charge in [-0.15, -0.1) is 0 Å². The first-order chi connectivity index (χ1) is 13.5. The molecule has 0 spiro atoms. The molecule has 2 aliphatic rings. The fraction of sp³-hybridized carbons (Fsp3) is 0.429. The Hall–Kier alpha value is -2.96. The average molecular weight is 379 g/mol. The fourth-order valence-corrected chi connectivity index (χ4v) is 3.94. The van der Waals surface area contributed by atoms with E-state index in [0.717, 1.165) is 17.7 Å². The highest BCUT2D eigenvalue weighted by molar-refractivity contribution is 6.11. The molecule has 28 heavy (non-hydrogen) atoms. The maximum absolute atomic E-state index is 13.2. The highest BCUT2D eigenvalue weighted by Crippen LogP contribution is 2.33. The number of carbonyl (C=O) groups is 2. The molecule has 1 fully saturated rings. The van der Waals surface area contributed by atoms with Crippen LogP contribution in [0, 0.1) is 5.41 Å². The molecule has 2 aliphatic heterocycles. The summed E-state index contributed by atoms with van der Waals surface area (Å²) in [6.45, 7) is 6.55. The molecular weight excluding hydrogens is 354 g/mol. The molecule has 0 radical (unpaired) electrons. The summed E-state index contributed by atoms with van der Waals surface area (Å²) in [6, 6.07) is 9.71. The van der Waals surface area contributed by atoms with Crippen molar-refractivity contribution in [1.82, 2.24) is 14.9 Å². The van der Waals surface area contributed by atoms with Gasteiger partial charge in [0, 0.05) is 50.8 Å². The molecule has 2 aromatic rings. The van der Waals surface area contributed by atoms with Gasteiger partial charge in [0.2, 0.25) is 17.8 Å². The standard InChI is InChI=1S/C21H25N5O2/c1-21(2,19(28)26-11-8-16-6-3-4-7-17(16)26)18(27)24-12-14-25(15-13-24)20-22-9-5-10-23-20/h3-7,9-10H,8,11-15H2,1-2H3. The van der Waals surface area contributed by atoms with E-state index in [2.05, 4.69) is 14.9 Å². The maximum atomic E-state index is 13.2. The molecule has 0 bridgehead atoms. The third-order valence-electron chi connectivity index (χ3n) is 5.60. The SMILES string of the molecule is CC(C)(C(=O)N1CCN(c2ncccn2)CC1)C(=O)N1CCc2ccccc21. The molecule has 0 N–H and O–H groups in total. The Morgan fingerprint density at radius 1 is 0.893 bits per heavy atom. The number of hydrogen-bond acceptors (Lipinski definition) is 5. The van der Waals surface area contributed by atoms with E-state index in [1.807, 2.05) is 24.3 Å². The summed E-state index contributed by atoms with van der Waals surface area (Å²) in [6.07, 6.45) is 4.27. The Morgan fingerprint density at radius 2 is 1.57 bits per heavy atom. The van der Waals surface area contributed by atoms with Crippen molar-refractivity contribution in [2.45, 2.75) is 20.3 Å². The van der Waals surface area contributed by atoms with E-state index >= 15 is 0 Å². The number of piperazine rings is 1. The third-order valence-corrected chi connectivity index (χ3v) is 5.60. The summed E-state index contributed by atoms with van der Waals surface area (Å²) < 4.78 is 0. The van der Waals surface area contributed by atoms with Crippen molar-refractivity contribution in [2.75, 3.05) is 42.5 Å². The number of rotatable bonds is 3. The van der Waals surface area contributed by atoms with E-state index in [1.165, 1.54) is 0 Å². The molecule has 1 aromatic heterocycles. The maximum Gasteiger partial charge on any atom is 0.242 e. The molecule has 4 rings (SSSR count). The number of benzene rings is 1. The van der Waals surface area contributed by atoms with Crippen molar-refractivity contribution in [3.05, 3.63) is 48.3 Å². The average Bonchev–Trinajstić information content (AvgIpc) is 3.17. The number of amides is 2. The number of carbonyl (C=O) groups excluding carboxylic acids is 2. The van der Waals surface area contributed by atoms with Crippen molar-refractivity contribution in [3.63, 3.8) is 0 Å². The van der Waals surface area contributed by atoms with E-state index < -0.39 is 5.41 Å². The summed E-state index contributed by atoms with van der Waals surface area (Å²) in [7, 11) is 0. The van der Waals surface area contributed by atoms with E-state index in [-0.39, 0.29) is 11.8 Å². The quantitative estimate of drug-likeness (QED) is 0.760. The van der Waals surface area contributed by atoms with Crippen LogP contribution >= 0.6 is 0 Å². The fourth-order valence-electron chi connectivity index (χ4n) is 3.94. The molecule has 0 atom stereocenters. The van der Waals surface area contributed by atoms with Crippen LogP contribution in [0.2, 0.25) is 0 Å². The van der Waals surface area contributed by atoms with E-state index in [1.54, 1.807) is 42.1 Å². The smallest absolute Gasteiger partial charge is 0.242 e. The van der Waals surface area contributed by atoms with Crippen LogP contribution in [0.25, 0.3) is 0 Å². The second-order valence-electron chi connectivity index (χ2n) is 7.79. The zero-order valence-corrected chi connectivity index (χ0v) is 16.3. The molecule has 0 unspecified atom stereocenters. The molecule has 7 heteroatoms. The van der Waals surface area contributed by atoms with Crippen LogP contribution in [0.3, 0.4) is 0 Å². The van der Waals surface area contributed by atoms with E-state index in [4.69, 9.17) is 0 Å². The molecule has 146 valence electrons. The lowest BCUT2D eigenvalue weighted by molar-refractivity contribution is -0.147. The Morgan fingerprint density at radius 3 is 2.29 bits per heavy atom. The van der Waals surface area contributed by atoms with Gasteiger partial charge in [-0.05, 0) is 38.0 Å². The first kappa shape index (κ1) is 18.4. The van der Waals surface area contributed by atoms with Gasteiger partial charge in [-0.2, -0.15) is 0 Å². The van der Waals surface area contributed by atoms with Crippen molar-refractivity contribution in [2.24, 2.45) is 5.41 Å². The zero-order chi connectivity index (χ0) is 19.7. The Labute approximate surface area is 165 Å². The topological polar surface area (TPSA) is 69.6 Å². The first-order valence-corrected chi connectivity index (χ1v) is 9.69. The van der Waals surface area contributed by atoms with Crippen LogP contribution in [0.5, 0.6) is 0 Å². The molecule has 0 saturated carbocycles. The van der Waals surface area contributed by atoms with Gasteiger partial charge in [0.1, 0.15) is 5.41 Å². The summed E-state index contributed by atoms with van der Waals surface area (Å²) >= 11 is 0. The van der Waals surface area contributed by atoms with E-state index in [0.29, 0.717) is 38.7 Å². The zero-order valence-electron chi connectivity index (χ0n) is 16.3. The predicted octanol–water partition coefficient (Wildman–Crippen LogP) is 1.74. The van der Waals surface area contributed by atoms with Gasteiger partial charge in [-0.1, -0.05) is 18.2 Å². The van der Waals surface area contributed by atoms with Gasteiger partial charge in [-0.25, -0.2) is 9.97 Å². The summed E-state index contributed by atoms with van der Waals surface area (Å²) in [5.41, 5.74) is 0.998. The van der Waals surface area contributed by atoms with Crippen LogP contribution in [0.15, 0.2) is 42.7 Å². The second kappa shape index (κ2) is 7.22. The molecule has 1 saturated heterocycles. The normalized spacial score (nSPS) is 16.9. The number of nitrogens with zero attached hydrogens (tertiary/aromatic N) is 5. The number of anilines is 2. The Kier molecular flexibility index (Phi) is 4.75. The lowest BCUT2D eigenvalue weighted by Crippen LogP contribution is -2.56. The largest absolute Gasteiger partial charge is 0.338 e. The highest BCUT2D eigenvalue weighted by atomic mass is 16.2. The number of aromatic nitrogens is 2. The van der Waals surface area contributed by atoms with Crippen LogP contribution < -0.4 is 9.80 Å². The van der Waals surface area contributed by atoms with Gasteiger partial charge >= 0.3 is 0 Å². The summed E-state index contributed by atoms with van der Waals surface area (Å²) in [4.78, 5) is 40.6. The summed E-state index contributed by atoms with van der Waals surface area (Å²) in [5.74, 6) is 0.436. The minimum absolute atomic E-state index is 0.115. The van der Waals surface area contributed by atoms with Crippen LogP contribution in [0.4, 0.5) is 11.6 Å². The first-order valence-electron chi connectivity index (χ1n) is 9.69. The van der Waals surface area contributed by atoms with Gasteiger partial charge in [0.25, 0.3) is 0 Å². The van der Waals surface area contributed by atoms with Crippen molar-refractivity contribution in [3.8, 4) is 0 Å². The van der Waals surface area contributed by atoms with Crippen molar-refractivity contribution >= 4 is 23.5 Å². The van der Waals surface area contributed by atoms with E-state index in [9.17, 15) is 9.59 Å². The van der Waals surface area contributed by atoms with Crippen LogP contribution in [-0.4, -0.2) is 59.4 Å². The monoisotopic (exact) mass is 379 g/mol. The lowest BCUT2D eigenvalue weighted by atomic mass is 9.89. The van der Waals surface area contributed by atoms with Gasteiger partial charge in [0.15, 0.2) is 0 Å². The Balaban J connectivity index is 1.44. The molecule has 1 aromatic carbocycles. The highest BCUT2D eigenvalue weighted by Gasteiger charge is 2.44. The number of fused-ring (bicyclic) bond motifs is 1. The van der Waals surface area contributed by atoms with Gasteiger partial charge < -0.3 is 14.7 Å². The minimum Gasteiger partial charge on any atom is -0.338 e. The second-order valence-corrected chi connectivity index (χ2v) is 7.79. The van der Waals surface area contributed by atoms with Crippen molar-refractivity contribution in [1.29, 1.82) is 0 Å². The third kappa shape index (κ3) is 3.21. The van der Waals surface area contributed by atoms with Crippen LogP contribution in [-0.2, 0) is 16.0 Å². The molecular formula is C21H25N5O2. The molecule has 0 aliphatic carbocycles. The Bertz CT molecular complexity index is 875. The number of para-hydroxylation sites is 1. The molecule has 2 amide bonds. The lowest BCUT2D eigenvalue weighted by Gasteiger charge is -2.39. The van der Waals surface area contributed by atoms with Gasteiger partial charge in [0.05, 0.1) is 0 Å². The van der Waals surface area contributed by atoms with Crippen LogP contribution in [0.1, 0.15) is 19.4 Å². The number of hydrogen-bond donors (Lipinski definition) is 0. The molecule has 3 heterocycles.